The van der Waals surface area contributed by atoms with Gasteiger partial charge in [0.2, 0.25) is 5.91 Å². The van der Waals surface area contributed by atoms with Crippen molar-refractivity contribution in [3.05, 3.63) is 65.3 Å². The molecule has 1 amide bonds. The molecule has 7 nitrogen and oxygen atoms in total. The number of halogens is 1. The molecule has 3 heterocycles. The molecule has 2 aliphatic heterocycles. The molecule has 0 saturated carbocycles. The lowest BCUT2D eigenvalue weighted by Crippen LogP contribution is -2.58. The molecule has 1 atom stereocenters. The summed E-state index contributed by atoms with van der Waals surface area (Å²) in [6.07, 6.45) is 2.28. The van der Waals surface area contributed by atoms with Crippen molar-refractivity contribution < 1.29 is 14.3 Å². The quantitative estimate of drug-likeness (QED) is 0.541. The maximum Gasteiger partial charge on any atom is 0.225 e. The number of aromatic nitrogens is 1. The van der Waals surface area contributed by atoms with Crippen molar-refractivity contribution in [2.75, 3.05) is 59.5 Å². The molecule has 2 aromatic carbocycles. The number of hydrogen-bond donors (Lipinski definition) is 1. The van der Waals surface area contributed by atoms with E-state index in [0.29, 0.717) is 31.2 Å². The van der Waals surface area contributed by atoms with Crippen LogP contribution in [0, 0.1) is 0 Å². The zero-order valence-corrected chi connectivity index (χ0v) is 21.0. The maximum absolute atomic E-state index is 13.4. The van der Waals surface area contributed by atoms with Gasteiger partial charge in [-0.3, -0.25) is 9.69 Å². The van der Waals surface area contributed by atoms with E-state index in [9.17, 15) is 4.79 Å². The normalized spacial score (nSPS) is 21.9. The highest BCUT2D eigenvalue weighted by Crippen LogP contribution is 2.28. The van der Waals surface area contributed by atoms with E-state index in [0.717, 1.165) is 50.5 Å². The van der Waals surface area contributed by atoms with E-state index in [2.05, 4.69) is 46.1 Å². The van der Waals surface area contributed by atoms with Crippen LogP contribution in [-0.4, -0.2) is 90.7 Å². The smallest absolute Gasteiger partial charge is 0.225 e. The number of nitrogens with zero attached hydrogens (tertiary/aromatic N) is 3. The van der Waals surface area contributed by atoms with Crippen LogP contribution in [-0.2, 0) is 16.1 Å². The van der Waals surface area contributed by atoms with Gasteiger partial charge in [-0.1, -0.05) is 23.7 Å². The van der Waals surface area contributed by atoms with Gasteiger partial charge in [0.1, 0.15) is 18.0 Å². The zero-order valence-electron chi connectivity index (χ0n) is 20.2. The molecular weight excluding hydrogens is 464 g/mol. The Morgan fingerprint density at radius 1 is 1.09 bits per heavy atom. The van der Waals surface area contributed by atoms with Gasteiger partial charge in [-0.25, -0.2) is 0 Å². The van der Waals surface area contributed by atoms with Crippen LogP contribution in [0.15, 0.2) is 54.7 Å². The van der Waals surface area contributed by atoms with Crippen molar-refractivity contribution in [1.82, 2.24) is 19.7 Å². The van der Waals surface area contributed by atoms with E-state index < -0.39 is 5.60 Å². The molecule has 8 heteroatoms. The minimum absolute atomic E-state index is 0.132. The monoisotopic (exact) mass is 496 g/mol. The number of ether oxygens (including phenoxy) is 2. The van der Waals surface area contributed by atoms with Crippen LogP contribution in [0.4, 0.5) is 0 Å². The fraction of sp³-hybridized carbons (Fsp3) is 0.444. The van der Waals surface area contributed by atoms with Crippen molar-refractivity contribution >= 4 is 28.4 Å². The number of amides is 1. The Balaban J connectivity index is 1.33. The maximum atomic E-state index is 13.4. The molecule has 2 fully saturated rings. The Morgan fingerprint density at radius 3 is 2.69 bits per heavy atom. The first-order valence-electron chi connectivity index (χ1n) is 12.3. The third-order valence-corrected chi connectivity index (χ3v) is 7.30. The number of likely N-dealkylation sites (N-methyl/N-ethyl adjacent to an activating group) is 1. The van der Waals surface area contributed by atoms with Gasteiger partial charge in [-0.15, -0.1) is 0 Å². The van der Waals surface area contributed by atoms with Gasteiger partial charge in [-0.05, 0) is 49.0 Å². The molecule has 2 saturated heterocycles. The van der Waals surface area contributed by atoms with Gasteiger partial charge in [0, 0.05) is 67.9 Å². The molecular formula is C27H33ClN4O3. The van der Waals surface area contributed by atoms with Gasteiger partial charge in [-0.2, -0.15) is 0 Å². The number of carbonyl (C=O) groups is 1. The van der Waals surface area contributed by atoms with E-state index in [4.69, 9.17) is 21.1 Å². The molecule has 0 unspecified atom stereocenters. The van der Waals surface area contributed by atoms with Gasteiger partial charge in [0.05, 0.1) is 13.0 Å². The Bertz CT molecular complexity index is 1140. The van der Waals surface area contributed by atoms with Crippen LogP contribution in [0.3, 0.4) is 0 Å². The fourth-order valence-electron chi connectivity index (χ4n) is 5.02. The number of piperazine rings is 1. The lowest BCUT2D eigenvalue weighted by molar-refractivity contribution is -0.157. The number of hydrogen-bond acceptors (Lipinski definition) is 5. The average molecular weight is 497 g/mol. The minimum atomic E-state index is -0.718. The van der Waals surface area contributed by atoms with Crippen LogP contribution >= 0.6 is 11.6 Å². The molecule has 186 valence electrons. The lowest BCUT2D eigenvalue weighted by atomic mass is 9.96. The number of rotatable bonds is 7. The van der Waals surface area contributed by atoms with Crippen LogP contribution in [0.25, 0.3) is 10.9 Å². The van der Waals surface area contributed by atoms with Crippen LogP contribution in [0.1, 0.15) is 12.0 Å². The van der Waals surface area contributed by atoms with Gasteiger partial charge < -0.3 is 24.3 Å². The summed E-state index contributed by atoms with van der Waals surface area (Å²) in [4.78, 5) is 23.3. The summed E-state index contributed by atoms with van der Waals surface area (Å²) in [6.45, 7) is 6.39. The van der Waals surface area contributed by atoms with Crippen LogP contribution in [0.5, 0.6) is 5.75 Å². The number of carbonyl (C=O) groups excluding carboxylic acids is 1. The standard InChI is InChI=1S/C27H33ClN4O3/c1-30-11-13-32(14-12-30)26(33)17-27(20-34-23-7-5-22(28)6-8-23)19-31(15-16-35-27)18-21-3-2-4-25-24(21)9-10-29-25/h2-10,29H,11-20H2,1H3/t27-/m0/s1. The molecule has 2 aliphatic rings. The largest absolute Gasteiger partial charge is 0.491 e. The van der Waals surface area contributed by atoms with Crippen LogP contribution < -0.4 is 4.74 Å². The van der Waals surface area contributed by atoms with Crippen molar-refractivity contribution in [1.29, 1.82) is 0 Å². The van der Waals surface area contributed by atoms with E-state index >= 15 is 0 Å². The highest BCUT2D eigenvalue weighted by atomic mass is 35.5. The minimum Gasteiger partial charge on any atom is -0.491 e. The summed E-state index contributed by atoms with van der Waals surface area (Å²) in [6, 6.07) is 15.8. The van der Waals surface area contributed by atoms with Gasteiger partial charge in [0.25, 0.3) is 0 Å². The third-order valence-electron chi connectivity index (χ3n) is 7.05. The first-order valence-corrected chi connectivity index (χ1v) is 12.6. The Labute approximate surface area is 211 Å². The summed E-state index contributed by atoms with van der Waals surface area (Å²) in [7, 11) is 2.09. The highest BCUT2D eigenvalue weighted by molar-refractivity contribution is 6.30. The Morgan fingerprint density at radius 2 is 1.89 bits per heavy atom. The second-order valence-electron chi connectivity index (χ2n) is 9.70. The van der Waals surface area contributed by atoms with E-state index in [1.807, 2.05) is 35.4 Å². The van der Waals surface area contributed by atoms with Gasteiger partial charge in [0.15, 0.2) is 0 Å². The molecule has 5 rings (SSSR count). The molecule has 3 aromatic rings. The molecule has 0 aliphatic carbocycles. The van der Waals surface area contributed by atoms with E-state index in [-0.39, 0.29) is 5.91 Å². The SMILES string of the molecule is CN1CCN(C(=O)C[C@@]2(COc3ccc(Cl)cc3)CN(Cc3cccc4[nH]ccc34)CCO2)CC1. The average Bonchev–Trinajstić information content (AvgIpc) is 3.34. The summed E-state index contributed by atoms with van der Waals surface area (Å²) in [5.74, 6) is 0.853. The fourth-order valence-corrected chi connectivity index (χ4v) is 5.15. The number of morpholine rings is 1. The second-order valence-corrected chi connectivity index (χ2v) is 10.1. The van der Waals surface area contributed by atoms with Crippen LogP contribution in [0.2, 0.25) is 5.02 Å². The zero-order chi connectivity index (χ0) is 24.3. The first-order chi connectivity index (χ1) is 17.0. The van der Waals surface area contributed by atoms with E-state index in [1.165, 1.54) is 10.9 Å². The summed E-state index contributed by atoms with van der Waals surface area (Å²) in [5, 5.41) is 1.90. The summed E-state index contributed by atoms with van der Waals surface area (Å²) in [5.41, 5.74) is 1.69. The molecule has 0 spiro atoms. The Hall–Kier alpha value is -2.58. The second kappa shape index (κ2) is 10.6. The number of aromatic amines is 1. The first kappa shape index (κ1) is 24.1. The lowest BCUT2D eigenvalue weighted by Gasteiger charge is -2.43. The topological polar surface area (TPSA) is 61.0 Å². The Kier molecular flexibility index (Phi) is 7.29. The number of nitrogens with one attached hydrogen (secondary N) is 1. The molecule has 0 radical (unpaired) electrons. The molecule has 0 bridgehead atoms. The summed E-state index contributed by atoms with van der Waals surface area (Å²) < 4.78 is 12.5. The number of H-pyrrole nitrogens is 1. The molecule has 1 aromatic heterocycles. The highest BCUT2D eigenvalue weighted by Gasteiger charge is 2.41. The number of benzene rings is 2. The summed E-state index contributed by atoms with van der Waals surface area (Å²) >= 11 is 6.04. The molecule has 1 N–H and O–H groups in total. The number of fused-ring (bicyclic) bond motifs is 1. The van der Waals surface area contributed by atoms with Crippen molar-refractivity contribution in [2.45, 2.75) is 18.6 Å². The van der Waals surface area contributed by atoms with Crippen molar-refractivity contribution in [3.8, 4) is 5.75 Å². The van der Waals surface area contributed by atoms with Crippen molar-refractivity contribution in [2.24, 2.45) is 0 Å². The third kappa shape index (κ3) is 5.81. The van der Waals surface area contributed by atoms with Crippen molar-refractivity contribution in [3.63, 3.8) is 0 Å². The van der Waals surface area contributed by atoms with Gasteiger partial charge >= 0.3 is 0 Å². The predicted octanol–water partition coefficient (Wildman–Crippen LogP) is 3.64. The molecule has 35 heavy (non-hydrogen) atoms. The predicted molar refractivity (Wildman–Crippen MR) is 138 cm³/mol. The van der Waals surface area contributed by atoms with E-state index in [1.54, 1.807) is 0 Å².